The van der Waals surface area contributed by atoms with Gasteiger partial charge in [-0.3, -0.25) is 0 Å². The lowest BCUT2D eigenvalue weighted by Gasteiger charge is -2.27. The third kappa shape index (κ3) is 2.25. The molecule has 2 N–H and O–H groups in total. The lowest BCUT2D eigenvalue weighted by Crippen LogP contribution is -2.27. The summed E-state index contributed by atoms with van der Waals surface area (Å²) in [6, 6.07) is 8.76. The van der Waals surface area contributed by atoms with Crippen molar-refractivity contribution >= 4 is 0 Å². The van der Waals surface area contributed by atoms with Gasteiger partial charge in [0.25, 0.3) is 0 Å². The summed E-state index contributed by atoms with van der Waals surface area (Å²) in [5.74, 6) is 0. The lowest BCUT2D eigenvalue weighted by molar-refractivity contribution is 0.0776. The number of rotatable bonds is 2. The Hall–Kier alpha value is -1.78. The first-order valence-electron chi connectivity index (χ1n) is 6.16. The molecular formula is C14H16N2O2. The molecule has 2 aliphatic heterocycles. The van der Waals surface area contributed by atoms with E-state index in [0.29, 0.717) is 0 Å². The summed E-state index contributed by atoms with van der Waals surface area (Å²) in [4.78, 5) is 10.4. The van der Waals surface area contributed by atoms with Gasteiger partial charge in [0.15, 0.2) is 0 Å². The van der Waals surface area contributed by atoms with Crippen LogP contribution in [0.5, 0.6) is 0 Å². The summed E-state index contributed by atoms with van der Waals surface area (Å²) in [6.45, 7) is 0. The van der Waals surface area contributed by atoms with Crippen molar-refractivity contribution in [2.75, 3.05) is 0 Å². The third-order valence-corrected chi connectivity index (χ3v) is 3.24. The van der Waals surface area contributed by atoms with Crippen molar-refractivity contribution in [2.24, 2.45) is 0 Å². The van der Waals surface area contributed by atoms with E-state index in [4.69, 9.17) is 9.68 Å². The largest absolute Gasteiger partial charge is 0.416 e. The van der Waals surface area contributed by atoms with Crippen LogP contribution in [0.1, 0.15) is 36.1 Å². The molecule has 18 heavy (non-hydrogen) atoms. The Morgan fingerprint density at radius 1 is 0.833 bits per heavy atom. The highest BCUT2D eigenvalue weighted by molar-refractivity contribution is 5.33. The molecular weight excluding hydrogens is 228 g/mol. The molecule has 3 rings (SSSR count). The van der Waals surface area contributed by atoms with E-state index >= 15 is 0 Å². The van der Waals surface area contributed by atoms with E-state index in [2.05, 4.69) is 35.2 Å². The van der Waals surface area contributed by atoms with E-state index in [9.17, 15) is 0 Å². The summed E-state index contributed by atoms with van der Waals surface area (Å²) in [5, 5.41) is 0. The predicted molar refractivity (Wildman–Crippen MR) is 67.9 cm³/mol. The van der Waals surface area contributed by atoms with Crippen molar-refractivity contribution in [1.82, 2.24) is 11.0 Å². The van der Waals surface area contributed by atoms with Crippen molar-refractivity contribution in [3.63, 3.8) is 0 Å². The second-order valence-corrected chi connectivity index (χ2v) is 4.42. The molecule has 4 nitrogen and oxygen atoms in total. The first-order valence-corrected chi connectivity index (χ1v) is 6.16. The van der Waals surface area contributed by atoms with Crippen LogP contribution in [0, 0.1) is 0 Å². The Labute approximate surface area is 106 Å². The van der Waals surface area contributed by atoms with Crippen molar-refractivity contribution in [2.45, 2.75) is 24.9 Å². The zero-order chi connectivity index (χ0) is 12.2. The molecule has 0 saturated heterocycles. The first kappa shape index (κ1) is 11.3. The van der Waals surface area contributed by atoms with Crippen LogP contribution >= 0.6 is 0 Å². The van der Waals surface area contributed by atoms with Crippen LogP contribution in [-0.2, 0) is 9.68 Å². The Bertz CT molecular complexity index is 428. The molecule has 4 heteroatoms. The standard InChI is InChI=1S/C14H16N2O2/c1-2-6-12(14-8-4-10-18-16-14)11(5-1)13-7-3-9-17-15-13/h1-6,9-10,13-16H,7-8H2. The average molecular weight is 244 g/mol. The van der Waals surface area contributed by atoms with Crippen LogP contribution in [-0.4, -0.2) is 0 Å². The van der Waals surface area contributed by atoms with Gasteiger partial charge in [0, 0.05) is 0 Å². The Balaban J connectivity index is 1.89. The predicted octanol–water partition coefficient (Wildman–Crippen LogP) is 2.65. The van der Waals surface area contributed by atoms with E-state index in [1.54, 1.807) is 12.5 Å². The molecule has 0 bridgehead atoms. The maximum Gasteiger partial charge on any atom is 0.107 e. The molecule has 94 valence electrons. The monoisotopic (exact) mass is 244 g/mol. The molecule has 0 amide bonds. The summed E-state index contributed by atoms with van der Waals surface area (Å²) < 4.78 is 0. The highest BCUT2D eigenvalue weighted by Crippen LogP contribution is 2.30. The van der Waals surface area contributed by atoms with Gasteiger partial charge in [0.2, 0.25) is 0 Å². The van der Waals surface area contributed by atoms with Gasteiger partial charge in [0.05, 0.1) is 12.1 Å². The van der Waals surface area contributed by atoms with Crippen molar-refractivity contribution in [3.8, 4) is 0 Å². The molecule has 0 spiro atoms. The molecule has 1 aromatic carbocycles. The highest BCUT2D eigenvalue weighted by Gasteiger charge is 2.22. The number of hydrogen-bond acceptors (Lipinski definition) is 4. The Kier molecular flexibility index (Phi) is 3.30. The smallest absolute Gasteiger partial charge is 0.107 e. The maximum atomic E-state index is 5.18. The molecule has 0 fully saturated rings. The molecule has 0 aliphatic carbocycles. The second kappa shape index (κ2) is 5.25. The molecule has 2 heterocycles. The fourth-order valence-electron chi connectivity index (χ4n) is 2.35. The van der Waals surface area contributed by atoms with Gasteiger partial charge in [-0.1, -0.05) is 24.3 Å². The first-order chi connectivity index (χ1) is 8.95. The van der Waals surface area contributed by atoms with E-state index in [1.165, 1.54) is 11.1 Å². The summed E-state index contributed by atoms with van der Waals surface area (Å²) in [6.07, 6.45) is 9.29. The Morgan fingerprint density at radius 2 is 1.33 bits per heavy atom. The summed E-state index contributed by atoms with van der Waals surface area (Å²) in [7, 11) is 0. The van der Waals surface area contributed by atoms with Gasteiger partial charge >= 0.3 is 0 Å². The van der Waals surface area contributed by atoms with Crippen LogP contribution in [0.2, 0.25) is 0 Å². The average Bonchev–Trinajstić information content (AvgIpc) is 2.49. The summed E-state index contributed by atoms with van der Waals surface area (Å²) >= 11 is 0. The minimum absolute atomic E-state index is 0.193. The van der Waals surface area contributed by atoms with Gasteiger partial charge < -0.3 is 9.68 Å². The van der Waals surface area contributed by atoms with Crippen LogP contribution < -0.4 is 11.0 Å². The molecule has 0 radical (unpaired) electrons. The number of hydroxylamine groups is 2. The van der Waals surface area contributed by atoms with Gasteiger partial charge in [0.1, 0.15) is 12.5 Å². The van der Waals surface area contributed by atoms with Gasteiger partial charge in [-0.15, -0.1) is 11.0 Å². The minimum atomic E-state index is 0.193. The SMILES string of the molecule is C1=CONC(c2ccccc2C2CC=CON2)C1. The quantitative estimate of drug-likeness (QED) is 0.839. The van der Waals surface area contributed by atoms with E-state index in [1.807, 2.05) is 12.2 Å². The van der Waals surface area contributed by atoms with Gasteiger partial charge in [-0.05, 0) is 36.1 Å². The van der Waals surface area contributed by atoms with E-state index in [-0.39, 0.29) is 12.1 Å². The number of hydrogen-bond donors (Lipinski definition) is 2. The zero-order valence-electron chi connectivity index (χ0n) is 10.0. The Morgan fingerprint density at radius 3 is 1.72 bits per heavy atom. The normalized spacial score (nSPS) is 26.4. The molecule has 2 aliphatic rings. The summed E-state index contributed by atoms with van der Waals surface area (Å²) in [5.41, 5.74) is 8.58. The molecule has 0 aromatic heterocycles. The van der Waals surface area contributed by atoms with Gasteiger partial charge in [-0.2, -0.15) is 0 Å². The van der Waals surface area contributed by atoms with Crippen LogP contribution in [0.3, 0.4) is 0 Å². The fourth-order valence-corrected chi connectivity index (χ4v) is 2.35. The molecule has 2 atom stereocenters. The topological polar surface area (TPSA) is 42.5 Å². The lowest BCUT2D eigenvalue weighted by atomic mass is 9.92. The van der Waals surface area contributed by atoms with Crippen LogP contribution in [0.25, 0.3) is 0 Å². The van der Waals surface area contributed by atoms with Crippen molar-refractivity contribution < 1.29 is 9.68 Å². The van der Waals surface area contributed by atoms with Gasteiger partial charge in [-0.25, -0.2) is 0 Å². The number of nitrogens with one attached hydrogen (secondary N) is 2. The maximum absolute atomic E-state index is 5.18. The van der Waals surface area contributed by atoms with Crippen molar-refractivity contribution in [1.29, 1.82) is 0 Å². The zero-order valence-corrected chi connectivity index (χ0v) is 10.0. The third-order valence-electron chi connectivity index (χ3n) is 3.24. The van der Waals surface area contributed by atoms with Crippen LogP contribution in [0.15, 0.2) is 48.9 Å². The molecule has 1 aromatic rings. The minimum Gasteiger partial charge on any atom is -0.416 e. The fraction of sp³-hybridized carbons (Fsp3) is 0.286. The highest BCUT2D eigenvalue weighted by atomic mass is 16.6. The number of benzene rings is 1. The van der Waals surface area contributed by atoms with E-state index < -0.39 is 0 Å². The van der Waals surface area contributed by atoms with Crippen molar-refractivity contribution in [3.05, 3.63) is 60.1 Å². The van der Waals surface area contributed by atoms with Crippen LogP contribution in [0.4, 0.5) is 0 Å². The molecule has 0 saturated carbocycles. The van der Waals surface area contributed by atoms with E-state index in [0.717, 1.165) is 12.8 Å². The molecule has 2 unspecified atom stereocenters. The second-order valence-electron chi connectivity index (χ2n) is 4.42.